The molecule has 0 bridgehead atoms. The van der Waals surface area contributed by atoms with Crippen LogP contribution in [-0.2, 0) is 6.54 Å². The van der Waals surface area contributed by atoms with Crippen molar-refractivity contribution in [3.63, 3.8) is 0 Å². The Labute approximate surface area is 183 Å². The molecule has 0 unspecified atom stereocenters. The zero-order chi connectivity index (χ0) is 21.6. The van der Waals surface area contributed by atoms with Crippen molar-refractivity contribution in [3.8, 4) is 11.8 Å². The first-order valence-corrected chi connectivity index (χ1v) is 10.3. The van der Waals surface area contributed by atoms with Gasteiger partial charge in [0.25, 0.3) is 5.91 Å². The van der Waals surface area contributed by atoms with Crippen molar-refractivity contribution in [2.45, 2.75) is 16.3 Å². The average Bonchev–Trinajstić information content (AvgIpc) is 3.33. The molecule has 0 spiro atoms. The number of carbonyl (C=O) groups excluding carboxylic acids is 1. The third-order valence-corrected chi connectivity index (χ3v) is 5.76. The van der Waals surface area contributed by atoms with Crippen LogP contribution in [0.1, 0.15) is 21.5 Å². The predicted molar refractivity (Wildman–Crippen MR) is 116 cm³/mol. The van der Waals surface area contributed by atoms with E-state index in [1.54, 1.807) is 53.4 Å². The molecule has 0 radical (unpaired) electrons. The second-order valence-corrected chi connectivity index (χ2v) is 7.73. The Morgan fingerprint density at radius 2 is 1.87 bits per heavy atom. The number of benzene rings is 3. The number of rotatable bonds is 6. The summed E-state index contributed by atoms with van der Waals surface area (Å²) in [6, 6.07) is 21.4. The van der Waals surface area contributed by atoms with E-state index in [0.717, 1.165) is 9.79 Å². The van der Waals surface area contributed by atoms with E-state index in [-0.39, 0.29) is 12.5 Å². The van der Waals surface area contributed by atoms with Gasteiger partial charge in [-0.2, -0.15) is 5.26 Å². The highest BCUT2D eigenvalue weighted by atomic mass is 32.2. The number of halogens is 1. The summed E-state index contributed by atoms with van der Waals surface area (Å²) >= 11 is 1.37. The summed E-state index contributed by atoms with van der Waals surface area (Å²) in [4.78, 5) is 18.3. The summed E-state index contributed by atoms with van der Waals surface area (Å²) in [6.45, 7) is 0.188. The van der Waals surface area contributed by atoms with Crippen LogP contribution in [0.4, 0.5) is 4.39 Å². The highest BCUT2D eigenvalue weighted by molar-refractivity contribution is 7.99. The van der Waals surface area contributed by atoms with Crippen LogP contribution in [0.2, 0.25) is 0 Å². The van der Waals surface area contributed by atoms with Crippen LogP contribution in [0.15, 0.2) is 95.2 Å². The van der Waals surface area contributed by atoms with Crippen LogP contribution in [0, 0.1) is 17.1 Å². The summed E-state index contributed by atoms with van der Waals surface area (Å²) in [6.07, 6.45) is 4.77. The van der Waals surface area contributed by atoms with Crippen molar-refractivity contribution in [2.75, 3.05) is 0 Å². The first-order chi connectivity index (χ1) is 15.2. The van der Waals surface area contributed by atoms with Crippen molar-refractivity contribution in [1.29, 1.82) is 5.26 Å². The van der Waals surface area contributed by atoms with Gasteiger partial charge in [-0.25, -0.2) is 9.37 Å². The van der Waals surface area contributed by atoms with Gasteiger partial charge in [0.15, 0.2) is 0 Å². The van der Waals surface area contributed by atoms with Gasteiger partial charge >= 0.3 is 0 Å². The lowest BCUT2D eigenvalue weighted by molar-refractivity contribution is 0.0948. The number of nitrogens with zero attached hydrogens (tertiary/aromatic N) is 3. The van der Waals surface area contributed by atoms with Crippen molar-refractivity contribution >= 4 is 17.7 Å². The van der Waals surface area contributed by atoms with Gasteiger partial charge in [-0.1, -0.05) is 42.1 Å². The quantitative estimate of drug-likeness (QED) is 0.471. The molecule has 0 aliphatic carbocycles. The van der Waals surface area contributed by atoms with E-state index < -0.39 is 5.82 Å². The maximum Gasteiger partial charge on any atom is 0.252 e. The lowest BCUT2D eigenvalue weighted by Gasteiger charge is -2.11. The molecule has 1 aromatic heterocycles. The van der Waals surface area contributed by atoms with Crippen LogP contribution in [-0.4, -0.2) is 15.5 Å². The van der Waals surface area contributed by atoms with Gasteiger partial charge in [0.1, 0.15) is 11.9 Å². The SMILES string of the molecule is N#Cc1ccccc1Sc1ccccc1C(=O)NCc1ccc(-n2ccnc2)c(F)c1. The van der Waals surface area contributed by atoms with Crippen LogP contribution in [0.25, 0.3) is 5.69 Å². The largest absolute Gasteiger partial charge is 0.348 e. The number of amides is 1. The lowest BCUT2D eigenvalue weighted by Crippen LogP contribution is -2.23. The van der Waals surface area contributed by atoms with E-state index in [1.165, 1.54) is 24.2 Å². The van der Waals surface area contributed by atoms with Crippen molar-refractivity contribution in [1.82, 2.24) is 14.9 Å². The Balaban J connectivity index is 1.48. The molecule has 152 valence electrons. The fraction of sp³-hybridized carbons (Fsp3) is 0.0417. The highest BCUT2D eigenvalue weighted by Gasteiger charge is 2.14. The third kappa shape index (κ3) is 4.65. The molecule has 4 aromatic rings. The molecule has 0 saturated carbocycles. The Hall–Kier alpha value is -3.89. The minimum absolute atomic E-state index is 0.188. The maximum atomic E-state index is 14.4. The Morgan fingerprint density at radius 3 is 2.61 bits per heavy atom. The molecule has 31 heavy (non-hydrogen) atoms. The molecule has 4 rings (SSSR count). The number of nitrogens with one attached hydrogen (secondary N) is 1. The zero-order valence-electron chi connectivity index (χ0n) is 16.3. The first-order valence-electron chi connectivity index (χ1n) is 9.46. The fourth-order valence-electron chi connectivity index (χ4n) is 3.06. The molecular weight excluding hydrogens is 411 g/mol. The lowest BCUT2D eigenvalue weighted by atomic mass is 10.1. The minimum Gasteiger partial charge on any atom is -0.348 e. The van der Waals surface area contributed by atoms with Gasteiger partial charge in [-0.05, 0) is 42.0 Å². The van der Waals surface area contributed by atoms with Crippen LogP contribution >= 0.6 is 11.8 Å². The summed E-state index contributed by atoms with van der Waals surface area (Å²) < 4.78 is 16.0. The molecule has 0 aliphatic heterocycles. The Bertz CT molecular complexity index is 1260. The Kier molecular flexibility index (Phi) is 6.11. The van der Waals surface area contributed by atoms with E-state index in [2.05, 4.69) is 16.4 Å². The molecule has 7 heteroatoms. The molecule has 0 atom stereocenters. The first kappa shape index (κ1) is 20.4. The second kappa shape index (κ2) is 9.28. The van der Waals surface area contributed by atoms with E-state index in [4.69, 9.17) is 0 Å². The third-order valence-electron chi connectivity index (χ3n) is 4.61. The highest BCUT2D eigenvalue weighted by Crippen LogP contribution is 2.32. The molecular formula is C24H17FN4OS. The van der Waals surface area contributed by atoms with Gasteiger partial charge < -0.3 is 9.88 Å². The summed E-state index contributed by atoms with van der Waals surface area (Å²) in [7, 11) is 0. The van der Waals surface area contributed by atoms with Crippen molar-refractivity contribution < 1.29 is 9.18 Å². The van der Waals surface area contributed by atoms with Crippen molar-refractivity contribution in [3.05, 3.63) is 108 Å². The zero-order valence-corrected chi connectivity index (χ0v) is 17.1. The summed E-state index contributed by atoms with van der Waals surface area (Å²) in [5.41, 5.74) is 2.09. The number of nitriles is 1. The van der Waals surface area contributed by atoms with E-state index >= 15 is 0 Å². The molecule has 0 saturated heterocycles. The van der Waals surface area contributed by atoms with Crippen LogP contribution in [0.5, 0.6) is 0 Å². The number of aromatic nitrogens is 2. The van der Waals surface area contributed by atoms with E-state index in [1.807, 2.05) is 24.3 Å². The monoisotopic (exact) mass is 428 g/mol. The topological polar surface area (TPSA) is 70.7 Å². The van der Waals surface area contributed by atoms with Gasteiger partial charge in [-0.15, -0.1) is 0 Å². The number of imidazole rings is 1. The van der Waals surface area contributed by atoms with Crippen LogP contribution < -0.4 is 5.32 Å². The van der Waals surface area contributed by atoms with E-state index in [9.17, 15) is 14.4 Å². The number of hydrogen-bond acceptors (Lipinski definition) is 4. The van der Waals surface area contributed by atoms with Crippen molar-refractivity contribution in [2.24, 2.45) is 0 Å². The fourth-order valence-corrected chi connectivity index (χ4v) is 4.08. The van der Waals surface area contributed by atoms with Gasteiger partial charge in [0, 0.05) is 28.7 Å². The standard InChI is InChI=1S/C24H17FN4OS/c25-20-13-17(9-10-21(20)29-12-11-27-16-29)15-28-24(30)19-6-2-4-8-23(19)31-22-7-3-1-5-18(22)14-26/h1-13,16H,15H2,(H,28,30). The Morgan fingerprint density at radius 1 is 1.10 bits per heavy atom. The molecule has 1 heterocycles. The van der Waals surface area contributed by atoms with Gasteiger partial charge in [0.05, 0.1) is 23.1 Å². The molecule has 5 nitrogen and oxygen atoms in total. The van der Waals surface area contributed by atoms with E-state index in [0.29, 0.717) is 22.4 Å². The van der Waals surface area contributed by atoms with Crippen LogP contribution in [0.3, 0.4) is 0 Å². The molecule has 0 fully saturated rings. The molecule has 1 N–H and O–H groups in total. The van der Waals surface area contributed by atoms with Gasteiger partial charge in [-0.3, -0.25) is 4.79 Å². The number of hydrogen-bond donors (Lipinski definition) is 1. The molecule has 3 aromatic carbocycles. The minimum atomic E-state index is -0.395. The smallest absolute Gasteiger partial charge is 0.252 e. The average molecular weight is 428 g/mol. The molecule has 1 amide bonds. The molecule has 0 aliphatic rings. The maximum absolute atomic E-state index is 14.4. The van der Waals surface area contributed by atoms with Gasteiger partial charge in [0.2, 0.25) is 0 Å². The number of carbonyl (C=O) groups is 1. The summed E-state index contributed by atoms with van der Waals surface area (Å²) in [5, 5.41) is 12.2. The normalized spacial score (nSPS) is 10.5. The summed E-state index contributed by atoms with van der Waals surface area (Å²) in [5.74, 6) is -0.662. The predicted octanol–water partition coefficient (Wildman–Crippen LogP) is 4.96. The second-order valence-electron chi connectivity index (χ2n) is 6.64.